The Morgan fingerprint density at radius 1 is 1.37 bits per heavy atom. The highest BCUT2D eigenvalue weighted by molar-refractivity contribution is 5.86. The van der Waals surface area contributed by atoms with Crippen LogP contribution in [0.5, 0.6) is 5.75 Å². The van der Waals surface area contributed by atoms with E-state index in [9.17, 15) is 15.0 Å². The molecule has 0 aliphatic rings. The van der Waals surface area contributed by atoms with Crippen molar-refractivity contribution >= 4 is 16.9 Å². The zero-order valence-electron chi connectivity index (χ0n) is 11.5. The van der Waals surface area contributed by atoms with Crippen LogP contribution in [0, 0.1) is 5.41 Å². The predicted octanol–water partition coefficient (Wildman–Crippen LogP) is 3.02. The molecule has 2 rings (SSSR count). The predicted molar refractivity (Wildman–Crippen MR) is 74.4 cm³/mol. The number of hydrogen-bond acceptors (Lipinski definition) is 2. The van der Waals surface area contributed by atoms with Gasteiger partial charge in [0.1, 0.15) is 5.75 Å². The molecule has 0 saturated carbocycles. The van der Waals surface area contributed by atoms with Gasteiger partial charge in [-0.05, 0) is 51.0 Å². The molecule has 4 nitrogen and oxygen atoms in total. The maximum Gasteiger partial charge on any atom is 0.309 e. The highest BCUT2D eigenvalue weighted by Crippen LogP contribution is 2.31. The van der Waals surface area contributed by atoms with Gasteiger partial charge in [-0.2, -0.15) is 0 Å². The lowest BCUT2D eigenvalue weighted by molar-refractivity contribution is -0.146. The second-order valence-electron chi connectivity index (χ2n) is 5.51. The van der Waals surface area contributed by atoms with Crippen LogP contribution in [0.3, 0.4) is 0 Å². The van der Waals surface area contributed by atoms with Crippen LogP contribution in [0.2, 0.25) is 0 Å². The zero-order chi connectivity index (χ0) is 14.2. The van der Waals surface area contributed by atoms with Gasteiger partial charge in [-0.3, -0.25) is 4.79 Å². The van der Waals surface area contributed by atoms with Crippen molar-refractivity contribution < 1.29 is 15.0 Å². The quantitative estimate of drug-likeness (QED) is 0.889. The third kappa shape index (κ3) is 2.43. The monoisotopic (exact) mass is 261 g/mol. The Balaban J connectivity index is 2.54. The molecule has 0 fully saturated rings. The molecule has 1 aromatic heterocycles. The molecule has 0 spiro atoms. The highest BCUT2D eigenvalue weighted by atomic mass is 16.4. The Morgan fingerprint density at radius 2 is 2.05 bits per heavy atom. The molecule has 19 heavy (non-hydrogen) atoms. The molecule has 0 aliphatic heterocycles. The lowest BCUT2D eigenvalue weighted by Crippen LogP contribution is -2.26. The van der Waals surface area contributed by atoms with Crippen LogP contribution < -0.4 is 0 Å². The number of nitrogens with zero attached hydrogens (tertiary/aromatic N) is 1. The summed E-state index contributed by atoms with van der Waals surface area (Å²) in [7, 11) is 0. The van der Waals surface area contributed by atoms with Crippen molar-refractivity contribution in [1.82, 2.24) is 4.57 Å². The summed E-state index contributed by atoms with van der Waals surface area (Å²) in [6.45, 7) is 6.29. The summed E-state index contributed by atoms with van der Waals surface area (Å²) in [5.41, 5.74) is 1.16. The largest absolute Gasteiger partial charge is 0.508 e. The summed E-state index contributed by atoms with van der Waals surface area (Å²) < 4.78 is 2.07. The Kier molecular flexibility index (Phi) is 3.27. The normalized spacial score (nSPS) is 11.9. The fraction of sp³-hybridized carbons (Fsp3) is 0.400. The molecule has 0 atom stereocenters. The van der Waals surface area contributed by atoms with E-state index in [-0.39, 0.29) is 5.75 Å². The number of aromatic hydroxyl groups is 1. The molecule has 0 radical (unpaired) electrons. The van der Waals surface area contributed by atoms with Gasteiger partial charge in [0.05, 0.1) is 5.41 Å². The lowest BCUT2D eigenvalue weighted by atomic mass is 9.86. The lowest BCUT2D eigenvalue weighted by Gasteiger charge is -2.18. The number of carboxylic acid groups (broad SMARTS) is 1. The van der Waals surface area contributed by atoms with E-state index in [0.717, 1.165) is 23.0 Å². The Hall–Kier alpha value is -1.97. The second-order valence-corrected chi connectivity index (χ2v) is 5.51. The van der Waals surface area contributed by atoms with Gasteiger partial charge in [0, 0.05) is 23.6 Å². The average molecular weight is 261 g/mol. The first-order valence-corrected chi connectivity index (χ1v) is 6.39. The second kappa shape index (κ2) is 4.61. The SMILES string of the molecule is CCn1cc(CC(C)(C)C(=O)O)c2cc(O)ccc21. The number of benzene rings is 1. The van der Waals surface area contributed by atoms with Gasteiger partial charge in [0.15, 0.2) is 0 Å². The van der Waals surface area contributed by atoms with Crippen LogP contribution in [-0.2, 0) is 17.8 Å². The molecule has 2 N–H and O–H groups in total. The molecular formula is C15H19NO3. The van der Waals surface area contributed by atoms with Crippen molar-refractivity contribution in [2.75, 3.05) is 0 Å². The number of aromatic nitrogens is 1. The van der Waals surface area contributed by atoms with Crippen LogP contribution in [0.15, 0.2) is 24.4 Å². The maximum atomic E-state index is 11.2. The molecule has 4 heteroatoms. The van der Waals surface area contributed by atoms with Gasteiger partial charge in [-0.25, -0.2) is 0 Å². The number of carbonyl (C=O) groups is 1. The standard InChI is InChI=1S/C15H19NO3/c1-4-16-9-10(8-15(2,3)14(18)19)12-7-11(17)5-6-13(12)16/h5-7,9,17H,4,8H2,1-3H3,(H,18,19). The first-order valence-electron chi connectivity index (χ1n) is 6.39. The molecule has 2 aromatic rings. The van der Waals surface area contributed by atoms with Gasteiger partial charge >= 0.3 is 5.97 Å². The number of phenols is 1. The fourth-order valence-electron chi connectivity index (χ4n) is 2.31. The molecule has 1 aromatic carbocycles. The molecular weight excluding hydrogens is 242 g/mol. The van der Waals surface area contributed by atoms with Crippen LogP contribution in [-0.4, -0.2) is 20.7 Å². The number of fused-ring (bicyclic) bond motifs is 1. The summed E-state index contributed by atoms with van der Waals surface area (Å²) in [6.07, 6.45) is 2.42. The topological polar surface area (TPSA) is 62.5 Å². The number of aryl methyl sites for hydroxylation is 1. The van der Waals surface area contributed by atoms with E-state index in [1.54, 1.807) is 26.0 Å². The van der Waals surface area contributed by atoms with Crippen molar-refractivity contribution in [3.63, 3.8) is 0 Å². The van der Waals surface area contributed by atoms with Crippen molar-refractivity contribution in [2.24, 2.45) is 5.41 Å². The van der Waals surface area contributed by atoms with Crippen LogP contribution >= 0.6 is 0 Å². The third-order valence-electron chi connectivity index (χ3n) is 3.50. The first kappa shape index (κ1) is 13.5. The van der Waals surface area contributed by atoms with Crippen LogP contribution in [0.4, 0.5) is 0 Å². The van der Waals surface area contributed by atoms with E-state index in [1.165, 1.54) is 0 Å². The molecule has 102 valence electrons. The Labute approximate surface area is 112 Å². The first-order chi connectivity index (χ1) is 8.85. The summed E-state index contributed by atoms with van der Waals surface area (Å²) >= 11 is 0. The van der Waals surface area contributed by atoms with Crippen molar-refractivity contribution in [2.45, 2.75) is 33.7 Å². The Bertz CT molecular complexity index is 626. The molecule has 0 saturated heterocycles. The number of carboxylic acids is 1. The molecule has 1 heterocycles. The third-order valence-corrected chi connectivity index (χ3v) is 3.50. The fourth-order valence-corrected chi connectivity index (χ4v) is 2.31. The zero-order valence-corrected chi connectivity index (χ0v) is 11.5. The minimum Gasteiger partial charge on any atom is -0.508 e. The van der Waals surface area contributed by atoms with E-state index >= 15 is 0 Å². The summed E-state index contributed by atoms with van der Waals surface area (Å²) in [4.78, 5) is 11.2. The van der Waals surface area contributed by atoms with Crippen molar-refractivity contribution in [1.29, 1.82) is 0 Å². The van der Waals surface area contributed by atoms with Crippen LogP contribution in [0.25, 0.3) is 10.9 Å². The van der Waals surface area contributed by atoms with E-state index in [4.69, 9.17) is 0 Å². The van der Waals surface area contributed by atoms with Gasteiger partial charge in [-0.1, -0.05) is 0 Å². The number of aliphatic carboxylic acids is 1. The van der Waals surface area contributed by atoms with Gasteiger partial charge in [-0.15, -0.1) is 0 Å². The van der Waals surface area contributed by atoms with Gasteiger partial charge < -0.3 is 14.8 Å². The minimum atomic E-state index is -0.821. The minimum absolute atomic E-state index is 0.204. The van der Waals surface area contributed by atoms with E-state index in [0.29, 0.717) is 6.42 Å². The molecule has 0 amide bonds. The van der Waals surface area contributed by atoms with Crippen molar-refractivity contribution in [3.05, 3.63) is 30.0 Å². The van der Waals surface area contributed by atoms with Crippen LogP contribution in [0.1, 0.15) is 26.3 Å². The molecule has 0 aliphatic carbocycles. The van der Waals surface area contributed by atoms with E-state index in [1.807, 2.05) is 19.2 Å². The smallest absolute Gasteiger partial charge is 0.309 e. The molecule has 0 unspecified atom stereocenters. The number of phenolic OH excluding ortho intramolecular Hbond substituents is 1. The summed E-state index contributed by atoms with van der Waals surface area (Å²) in [6, 6.07) is 5.22. The van der Waals surface area contributed by atoms with E-state index < -0.39 is 11.4 Å². The van der Waals surface area contributed by atoms with E-state index in [2.05, 4.69) is 4.57 Å². The summed E-state index contributed by atoms with van der Waals surface area (Å²) in [5, 5.41) is 19.8. The molecule has 0 bridgehead atoms. The van der Waals surface area contributed by atoms with Gasteiger partial charge in [0.25, 0.3) is 0 Å². The summed E-state index contributed by atoms with van der Waals surface area (Å²) in [5.74, 6) is -0.610. The Morgan fingerprint density at radius 3 is 2.63 bits per heavy atom. The highest BCUT2D eigenvalue weighted by Gasteiger charge is 2.28. The number of rotatable bonds is 4. The maximum absolute atomic E-state index is 11.2. The van der Waals surface area contributed by atoms with Crippen molar-refractivity contribution in [3.8, 4) is 5.75 Å². The average Bonchev–Trinajstić information content (AvgIpc) is 2.66. The van der Waals surface area contributed by atoms with Gasteiger partial charge in [0.2, 0.25) is 0 Å². The number of hydrogen-bond donors (Lipinski definition) is 2.